The van der Waals surface area contributed by atoms with Crippen LogP contribution in [0, 0.1) is 11.8 Å². The molecule has 11 nitrogen and oxygen atoms in total. The molecule has 1 aliphatic heterocycles. The van der Waals surface area contributed by atoms with E-state index in [2.05, 4.69) is 10.6 Å². The van der Waals surface area contributed by atoms with Crippen LogP contribution in [0.4, 0.5) is 4.79 Å². The zero-order valence-electron chi connectivity index (χ0n) is 24.1. The lowest BCUT2D eigenvalue weighted by atomic mass is 9.97. The molecule has 0 aliphatic carbocycles. The minimum atomic E-state index is -4.00. The molecule has 0 saturated carbocycles. The van der Waals surface area contributed by atoms with Crippen molar-refractivity contribution in [1.29, 1.82) is 0 Å². The Balaban J connectivity index is 1.90. The van der Waals surface area contributed by atoms with Crippen LogP contribution >= 0.6 is 0 Å². The Hall–Kier alpha value is -3.48. The number of amides is 4. The topological polar surface area (TPSA) is 145 Å². The van der Waals surface area contributed by atoms with E-state index in [0.29, 0.717) is 5.75 Å². The SMILES string of the molecule is COc1ccc(S(=O)(=O)N(CC(C)C)C[C@@H](O)[C@H](Cc2ccccc2)NC(=O)[C@H](C(C)C)N2CC(=O)NC2=O)cc1. The van der Waals surface area contributed by atoms with E-state index in [0.717, 1.165) is 5.56 Å². The number of carbonyl (C=O) groups is 3. The second-order valence-corrected chi connectivity index (χ2v) is 12.9. The molecule has 2 aromatic carbocycles. The molecule has 224 valence electrons. The third-order valence-corrected chi connectivity index (χ3v) is 8.65. The van der Waals surface area contributed by atoms with E-state index in [1.54, 1.807) is 26.0 Å². The van der Waals surface area contributed by atoms with Crippen LogP contribution in [0.5, 0.6) is 5.75 Å². The van der Waals surface area contributed by atoms with Gasteiger partial charge in [0, 0.05) is 13.1 Å². The minimum Gasteiger partial charge on any atom is -0.497 e. The molecule has 3 N–H and O–H groups in total. The Bertz CT molecular complexity index is 1300. The summed E-state index contributed by atoms with van der Waals surface area (Å²) in [6, 6.07) is 12.7. The number of rotatable bonds is 14. The van der Waals surface area contributed by atoms with Gasteiger partial charge in [0.1, 0.15) is 18.3 Å². The fraction of sp³-hybridized carbons (Fsp3) is 0.483. The number of benzene rings is 2. The Morgan fingerprint density at radius 1 is 1.05 bits per heavy atom. The standard InChI is InChI=1S/C29H40N4O7S/c1-19(2)16-32(41(38,39)23-13-11-22(40-5)12-14-23)17-25(34)24(15-21-9-7-6-8-10-21)30-28(36)27(20(3)4)33-18-26(35)31-29(33)37/h6-14,19-20,24-25,27,34H,15-18H2,1-5H3,(H,30,36)(H,31,35,37)/t24-,25+,27-/m0/s1. The molecule has 0 bridgehead atoms. The second kappa shape index (κ2) is 13.9. The number of hydrogen-bond acceptors (Lipinski definition) is 7. The summed E-state index contributed by atoms with van der Waals surface area (Å²) in [5, 5.41) is 16.5. The lowest BCUT2D eigenvalue weighted by molar-refractivity contribution is -0.128. The fourth-order valence-electron chi connectivity index (χ4n) is 4.82. The highest BCUT2D eigenvalue weighted by Gasteiger charge is 2.40. The molecule has 1 aliphatic rings. The molecular formula is C29H40N4O7S. The third kappa shape index (κ3) is 8.27. The summed E-state index contributed by atoms with van der Waals surface area (Å²) in [5.74, 6) is -0.915. The Kier molecular flexibility index (Phi) is 10.9. The number of ether oxygens (including phenoxy) is 1. The van der Waals surface area contributed by atoms with Gasteiger partial charge in [-0.2, -0.15) is 4.31 Å². The molecule has 0 aromatic heterocycles. The van der Waals surface area contributed by atoms with Gasteiger partial charge in [0.15, 0.2) is 0 Å². The molecule has 0 spiro atoms. The number of nitrogens with zero attached hydrogens (tertiary/aromatic N) is 2. The van der Waals surface area contributed by atoms with E-state index in [1.807, 2.05) is 44.2 Å². The van der Waals surface area contributed by atoms with Gasteiger partial charge in [0.2, 0.25) is 21.8 Å². The summed E-state index contributed by atoms with van der Waals surface area (Å²) in [4.78, 5) is 39.0. The number of carbonyl (C=O) groups excluding carboxylic acids is 3. The number of aliphatic hydroxyl groups is 1. The van der Waals surface area contributed by atoms with E-state index in [4.69, 9.17) is 4.74 Å². The predicted octanol–water partition coefficient (Wildman–Crippen LogP) is 2.01. The predicted molar refractivity (Wildman–Crippen MR) is 154 cm³/mol. The van der Waals surface area contributed by atoms with Gasteiger partial charge in [-0.05, 0) is 48.1 Å². The van der Waals surface area contributed by atoms with Crippen molar-refractivity contribution in [3.63, 3.8) is 0 Å². The fourth-order valence-corrected chi connectivity index (χ4v) is 6.44. The molecule has 0 unspecified atom stereocenters. The Morgan fingerprint density at radius 3 is 2.20 bits per heavy atom. The zero-order chi connectivity index (χ0) is 30.3. The zero-order valence-corrected chi connectivity index (χ0v) is 24.9. The van der Waals surface area contributed by atoms with Crippen LogP contribution < -0.4 is 15.4 Å². The Morgan fingerprint density at radius 2 is 1.68 bits per heavy atom. The average molecular weight is 589 g/mol. The van der Waals surface area contributed by atoms with Crippen molar-refractivity contribution in [3.05, 3.63) is 60.2 Å². The summed E-state index contributed by atoms with van der Waals surface area (Å²) in [6.07, 6.45) is -1.09. The number of nitrogens with one attached hydrogen (secondary N) is 2. The van der Waals surface area contributed by atoms with Crippen molar-refractivity contribution in [2.24, 2.45) is 11.8 Å². The maximum Gasteiger partial charge on any atom is 0.325 e. The van der Waals surface area contributed by atoms with Crippen molar-refractivity contribution in [1.82, 2.24) is 19.8 Å². The van der Waals surface area contributed by atoms with Gasteiger partial charge in [0.25, 0.3) is 0 Å². The first-order valence-corrected chi connectivity index (χ1v) is 15.0. The van der Waals surface area contributed by atoms with Crippen molar-refractivity contribution < 1.29 is 32.6 Å². The molecule has 0 radical (unpaired) electrons. The molecule has 1 fully saturated rings. The van der Waals surface area contributed by atoms with Crippen LogP contribution in [-0.4, -0.2) is 85.5 Å². The van der Waals surface area contributed by atoms with Crippen molar-refractivity contribution in [2.45, 2.75) is 57.2 Å². The number of sulfonamides is 1. The highest BCUT2D eigenvalue weighted by molar-refractivity contribution is 7.89. The van der Waals surface area contributed by atoms with Crippen LogP contribution in [0.15, 0.2) is 59.5 Å². The number of imide groups is 1. The first kappa shape index (κ1) is 32.0. The summed E-state index contributed by atoms with van der Waals surface area (Å²) in [6.45, 7) is 6.89. The van der Waals surface area contributed by atoms with Crippen LogP contribution in [0.2, 0.25) is 0 Å². The molecule has 3 rings (SSSR count). The maximum absolute atomic E-state index is 13.6. The number of urea groups is 1. The lowest BCUT2D eigenvalue weighted by Gasteiger charge is -2.33. The van der Waals surface area contributed by atoms with E-state index in [9.17, 15) is 27.9 Å². The van der Waals surface area contributed by atoms with Gasteiger partial charge in [-0.3, -0.25) is 14.9 Å². The van der Waals surface area contributed by atoms with Gasteiger partial charge < -0.3 is 20.1 Å². The van der Waals surface area contributed by atoms with E-state index >= 15 is 0 Å². The molecule has 1 saturated heterocycles. The smallest absolute Gasteiger partial charge is 0.325 e. The third-order valence-electron chi connectivity index (χ3n) is 6.80. The van der Waals surface area contributed by atoms with Crippen molar-refractivity contribution in [2.75, 3.05) is 26.7 Å². The maximum atomic E-state index is 13.6. The lowest BCUT2D eigenvalue weighted by Crippen LogP contribution is -2.57. The summed E-state index contributed by atoms with van der Waals surface area (Å²) in [7, 11) is -2.51. The van der Waals surface area contributed by atoms with Gasteiger partial charge in [-0.15, -0.1) is 0 Å². The van der Waals surface area contributed by atoms with Crippen LogP contribution in [0.1, 0.15) is 33.3 Å². The molecule has 12 heteroatoms. The quantitative estimate of drug-likeness (QED) is 0.286. The van der Waals surface area contributed by atoms with Gasteiger partial charge in [0.05, 0.1) is 24.2 Å². The Labute approximate surface area is 241 Å². The largest absolute Gasteiger partial charge is 0.497 e. The molecular weight excluding hydrogens is 548 g/mol. The molecule has 3 atom stereocenters. The monoisotopic (exact) mass is 588 g/mol. The first-order valence-electron chi connectivity index (χ1n) is 13.6. The second-order valence-electron chi connectivity index (χ2n) is 10.9. The average Bonchev–Trinajstić information content (AvgIpc) is 3.24. The molecule has 2 aromatic rings. The van der Waals surface area contributed by atoms with Gasteiger partial charge in [-0.1, -0.05) is 58.0 Å². The van der Waals surface area contributed by atoms with Crippen molar-refractivity contribution in [3.8, 4) is 5.75 Å². The molecule has 41 heavy (non-hydrogen) atoms. The minimum absolute atomic E-state index is 0.0473. The number of aliphatic hydroxyl groups excluding tert-OH is 1. The van der Waals surface area contributed by atoms with Crippen LogP contribution in [-0.2, 0) is 26.0 Å². The highest BCUT2D eigenvalue weighted by Crippen LogP contribution is 2.22. The van der Waals surface area contributed by atoms with E-state index in [1.165, 1.54) is 28.4 Å². The molecule has 4 amide bonds. The molecule has 1 heterocycles. The number of hydrogen-bond donors (Lipinski definition) is 3. The number of methoxy groups -OCH3 is 1. The highest BCUT2D eigenvalue weighted by atomic mass is 32.2. The van der Waals surface area contributed by atoms with Gasteiger partial charge in [-0.25, -0.2) is 13.2 Å². The summed E-state index contributed by atoms with van der Waals surface area (Å²) in [5.41, 5.74) is 0.820. The normalized spacial score (nSPS) is 16.2. The first-order chi connectivity index (χ1) is 19.3. The van der Waals surface area contributed by atoms with Crippen molar-refractivity contribution >= 4 is 27.9 Å². The van der Waals surface area contributed by atoms with E-state index < -0.39 is 46.1 Å². The van der Waals surface area contributed by atoms with Gasteiger partial charge >= 0.3 is 6.03 Å². The van der Waals surface area contributed by atoms with E-state index in [-0.39, 0.29) is 42.8 Å². The summed E-state index contributed by atoms with van der Waals surface area (Å²) < 4.78 is 33.7. The van der Waals surface area contributed by atoms with Crippen LogP contribution in [0.3, 0.4) is 0 Å². The summed E-state index contributed by atoms with van der Waals surface area (Å²) >= 11 is 0. The van der Waals surface area contributed by atoms with Crippen LogP contribution in [0.25, 0.3) is 0 Å².